The molecule has 0 aliphatic heterocycles. The van der Waals surface area contributed by atoms with Crippen molar-refractivity contribution in [1.29, 1.82) is 0 Å². The first kappa shape index (κ1) is 11.7. The molecule has 1 unspecified atom stereocenters. The fourth-order valence-corrected chi connectivity index (χ4v) is 2.74. The molecule has 0 amide bonds. The number of unbranched alkanes of at least 4 members (excludes halogenated alkanes) is 1. The fraction of sp³-hybridized carbons (Fsp3) is 0.600. The summed E-state index contributed by atoms with van der Waals surface area (Å²) in [5, 5.41) is 0. The Bertz CT molecular complexity index is 368. The minimum atomic E-state index is 0.362. The van der Waals surface area contributed by atoms with E-state index in [0.29, 0.717) is 6.04 Å². The summed E-state index contributed by atoms with van der Waals surface area (Å²) < 4.78 is 0. The summed E-state index contributed by atoms with van der Waals surface area (Å²) in [5.74, 6) is 0. The average molecular weight is 217 g/mol. The van der Waals surface area contributed by atoms with Crippen LogP contribution in [0, 0.1) is 0 Å². The van der Waals surface area contributed by atoms with Gasteiger partial charge in [0.25, 0.3) is 0 Å². The lowest BCUT2D eigenvalue weighted by Gasteiger charge is -2.10. The average Bonchev–Trinajstić information content (AvgIpc) is 2.63. The second-order valence-corrected chi connectivity index (χ2v) is 5.02. The maximum absolute atomic E-state index is 6.03. The third-order valence-corrected chi connectivity index (χ3v) is 3.67. The number of fused-ring (bicyclic) bond motifs is 1. The van der Waals surface area contributed by atoms with E-state index in [1.54, 1.807) is 11.1 Å². The Hall–Kier alpha value is -0.820. The molecule has 0 saturated carbocycles. The monoisotopic (exact) mass is 217 g/mol. The van der Waals surface area contributed by atoms with Gasteiger partial charge < -0.3 is 5.73 Å². The molecule has 2 rings (SSSR count). The fourth-order valence-electron chi connectivity index (χ4n) is 2.74. The molecule has 1 atom stereocenters. The van der Waals surface area contributed by atoms with Crippen LogP contribution >= 0.6 is 0 Å². The zero-order valence-electron chi connectivity index (χ0n) is 10.6. The van der Waals surface area contributed by atoms with E-state index in [4.69, 9.17) is 5.73 Å². The summed E-state index contributed by atoms with van der Waals surface area (Å²) in [6.45, 7) is 4.51. The smallest absolute Gasteiger partial charge is 0.0120 e. The molecule has 0 heterocycles. The van der Waals surface area contributed by atoms with Crippen LogP contribution < -0.4 is 5.73 Å². The Morgan fingerprint density at radius 2 is 1.75 bits per heavy atom. The lowest BCUT2D eigenvalue weighted by atomic mass is 9.95. The van der Waals surface area contributed by atoms with E-state index in [0.717, 1.165) is 19.3 Å². The van der Waals surface area contributed by atoms with Crippen molar-refractivity contribution in [2.75, 3.05) is 0 Å². The molecule has 0 fully saturated rings. The van der Waals surface area contributed by atoms with Crippen molar-refractivity contribution in [1.82, 2.24) is 0 Å². The number of nitrogens with two attached hydrogens (primary N) is 1. The molecule has 1 heteroatoms. The second-order valence-electron chi connectivity index (χ2n) is 5.02. The summed E-state index contributed by atoms with van der Waals surface area (Å²) in [7, 11) is 0. The molecule has 0 radical (unpaired) electrons. The van der Waals surface area contributed by atoms with Gasteiger partial charge in [0.1, 0.15) is 0 Å². The van der Waals surface area contributed by atoms with Gasteiger partial charge in [0.2, 0.25) is 0 Å². The van der Waals surface area contributed by atoms with Gasteiger partial charge in [-0.1, -0.05) is 32.4 Å². The molecule has 1 aromatic rings. The maximum atomic E-state index is 6.03. The molecule has 16 heavy (non-hydrogen) atoms. The Morgan fingerprint density at radius 1 is 1.12 bits per heavy atom. The highest BCUT2D eigenvalue weighted by Crippen LogP contribution is 2.26. The molecular formula is C15H23N. The standard InChI is InChI=1S/C15H23N/c1-3-5-6-12-8-14-10-15(16)9-13(14)7-11(12)4-2/h7-8,15H,3-6,9-10,16H2,1-2H3. The minimum absolute atomic E-state index is 0.362. The van der Waals surface area contributed by atoms with E-state index in [1.807, 2.05) is 0 Å². The van der Waals surface area contributed by atoms with Gasteiger partial charge in [-0.15, -0.1) is 0 Å². The van der Waals surface area contributed by atoms with Crippen LogP contribution in [0.5, 0.6) is 0 Å². The highest BCUT2D eigenvalue weighted by atomic mass is 14.6. The van der Waals surface area contributed by atoms with Crippen LogP contribution in [-0.4, -0.2) is 6.04 Å². The van der Waals surface area contributed by atoms with Gasteiger partial charge in [-0.05, 0) is 54.4 Å². The number of aryl methyl sites for hydroxylation is 2. The molecule has 1 nitrogen and oxygen atoms in total. The Balaban J connectivity index is 2.27. The van der Waals surface area contributed by atoms with Gasteiger partial charge in [0.05, 0.1) is 0 Å². The summed E-state index contributed by atoms with van der Waals surface area (Å²) in [6.07, 6.45) is 7.14. The summed E-state index contributed by atoms with van der Waals surface area (Å²) in [6, 6.07) is 5.20. The van der Waals surface area contributed by atoms with E-state index >= 15 is 0 Å². The van der Waals surface area contributed by atoms with Crippen LogP contribution in [0.25, 0.3) is 0 Å². The quantitative estimate of drug-likeness (QED) is 0.824. The van der Waals surface area contributed by atoms with Crippen molar-refractivity contribution in [2.24, 2.45) is 5.73 Å². The molecule has 1 aliphatic rings. The van der Waals surface area contributed by atoms with Crippen molar-refractivity contribution in [3.8, 4) is 0 Å². The Kier molecular flexibility index (Phi) is 3.65. The summed E-state index contributed by atoms with van der Waals surface area (Å²) in [5.41, 5.74) is 12.2. The third kappa shape index (κ3) is 2.30. The molecule has 0 bridgehead atoms. The minimum Gasteiger partial charge on any atom is -0.327 e. The van der Waals surface area contributed by atoms with Gasteiger partial charge in [0, 0.05) is 6.04 Å². The SMILES string of the molecule is CCCCc1cc2c(cc1CC)CC(N)C2. The molecular weight excluding hydrogens is 194 g/mol. The first-order chi connectivity index (χ1) is 7.74. The molecule has 0 spiro atoms. The normalized spacial score (nSPS) is 18.8. The number of hydrogen-bond acceptors (Lipinski definition) is 1. The van der Waals surface area contributed by atoms with E-state index in [-0.39, 0.29) is 0 Å². The number of benzene rings is 1. The predicted octanol–water partition coefficient (Wildman–Crippen LogP) is 3.02. The topological polar surface area (TPSA) is 26.0 Å². The summed E-state index contributed by atoms with van der Waals surface area (Å²) in [4.78, 5) is 0. The highest BCUT2D eigenvalue weighted by molar-refractivity contribution is 5.42. The first-order valence-electron chi connectivity index (χ1n) is 6.63. The van der Waals surface area contributed by atoms with Crippen LogP contribution in [0.15, 0.2) is 12.1 Å². The lowest BCUT2D eigenvalue weighted by Crippen LogP contribution is -2.18. The molecule has 0 saturated heterocycles. The molecule has 88 valence electrons. The van der Waals surface area contributed by atoms with Crippen LogP contribution in [0.4, 0.5) is 0 Å². The number of rotatable bonds is 4. The van der Waals surface area contributed by atoms with Gasteiger partial charge >= 0.3 is 0 Å². The van der Waals surface area contributed by atoms with E-state index < -0.39 is 0 Å². The van der Waals surface area contributed by atoms with Crippen LogP contribution in [0.1, 0.15) is 48.9 Å². The highest BCUT2D eigenvalue weighted by Gasteiger charge is 2.19. The van der Waals surface area contributed by atoms with Crippen molar-refractivity contribution in [3.05, 3.63) is 34.4 Å². The largest absolute Gasteiger partial charge is 0.327 e. The van der Waals surface area contributed by atoms with Crippen molar-refractivity contribution >= 4 is 0 Å². The van der Waals surface area contributed by atoms with E-state index in [2.05, 4.69) is 26.0 Å². The Labute approximate surface area is 99.0 Å². The van der Waals surface area contributed by atoms with Gasteiger partial charge in [-0.3, -0.25) is 0 Å². The van der Waals surface area contributed by atoms with Gasteiger partial charge in [0.15, 0.2) is 0 Å². The molecule has 2 N–H and O–H groups in total. The Morgan fingerprint density at radius 3 is 2.31 bits per heavy atom. The third-order valence-electron chi connectivity index (χ3n) is 3.67. The zero-order valence-corrected chi connectivity index (χ0v) is 10.6. The van der Waals surface area contributed by atoms with E-state index in [9.17, 15) is 0 Å². The van der Waals surface area contributed by atoms with Gasteiger partial charge in [-0.2, -0.15) is 0 Å². The van der Waals surface area contributed by atoms with Gasteiger partial charge in [-0.25, -0.2) is 0 Å². The lowest BCUT2D eigenvalue weighted by molar-refractivity contribution is 0.721. The van der Waals surface area contributed by atoms with Crippen molar-refractivity contribution < 1.29 is 0 Å². The second kappa shape index (κ2) is 5.01. The molecule has 1 aliphatic carbocycles. The van der Waals surface area contributed by atoms with Crippen molar-refractivity contribution in [3.63, 3.8) is 0 Å². The summed E-state index contributed by atoms with van der Waals surface area (Å²) >= 11 is 0. The van der Waals surface area contributed by atoms with E-state index in [1.165, 1.54) is 30.4 Å². The van der Waals surface area contributed by atoms with Crippen molar-refractivity contribution in [2.45, 2.75) is 58.4 Å². The number of hydrogen-bond donors (Lipinski definition) is 1. The zero-order chi connectivity index (χ0) is 11.5. The first-order valence-corrected chi connectivity index (χ1v) is 6.63. The maximum Gasteiger partial charge on any atom is 0.0120 e. The van der Waals surface area contributed by atoms with Crippen LogP contribution in [0.2, 0.25) is 0 Å². The predicted molar refractivity (Wildman–Crippen MR) is 69.8 cm³/mol. The van der Waals surface area contributed by atoms with Crippen LogP contribution in [0.3, 0.4) is 0 Å². The molecule has 1 aromatic carbocycles. The molecule has 0 aromatic heterocycles. The van der Waals surface area contributed by atoms with Crippen LogP contribution in [-0.2, 0) is 25.7 Å².